The van der Waals surface area contributed by atoms with E-state index < -0.39 is 0 Å². The van der Waals surface area contributed by atoms with Crippen LogP contribution in [0.1, 0.15) is 20.8 Å². The van der Waals surface area contributed by atoms with Gasteiger partial charge < -0.3 is 5.73 Å². The molecule has 0 aliphatic heterocycles. The van der Waals surface area contributed by atoms with E-state index in [0.29, 0.717) is 4.75 Å². The number of thioether (sulfide) groups is 1. The van der Waals surface area contributed by atoms with E-state index in [-0.39, 0.29) is 0 Å². The van der Waals surface area contributed by atoms with Crippen molar-refractivity contribution in [2.24, 2.45) is 5.73 Å². The molecule has 0 bridgehead atoms. The Morgan fingerprint density at radius 1 is 1.38 bits per heavy atom. The Bertz CT molecular complexity index is 56.0. The van der Waals surface area contributed by atoms with Crippen molar-refractivity contribution in [1.29, 1.82) is 0 Å². The number of hydrogen-bond acceptors (Lipinski definition) is 2. The molecule has 0 aliphatic rings. The van der Waals surface area contributed by atoms with Gasteiger partial charge in [0.25, 0.3) is 0 Å². The molecule has 0 unspecified atom stereocenters. The summed E-state index contributed by atoms with van der Waals surface area (Å²) in [6.45, 7) is 7.40. The fraction of sp³-hybridized carbons (Fsp3) is 1.00. The summed E-state index contributed by atoms with van der Waals surface area (Å²) >= 11 is 1.91. The highest BCUT2D eigenvalue weighted by atomic mass is 32.2. The minimum absolute atomic E-state index is 0.388. The van der Waals surface area contributed by atoms with E-state index in [0.717, 1.165) is 12.3 Å². The van der Waals surface area contributed by atoms with E-state index in [1.807, 2.05) is 11.8 Å². The molecule has 0 atom stereocenters. The van der Waals surface area contributed by atoms with Gasteiger partial charge in [-0.1, -0.05) is 20.8 Å². The van der Waals surface area contributed by atoms with Crippen LogP contribution < -0.4 is 5.73 Å². The first-order chi connectivity index (χ1) is 3.56. The fourth-order valence-electron chi connectivity index (χ4n) is 0.365. The Labute approximate surface area is 56.0 Å². The van der Waals surface area contributed by atoms with Crippen molar-refractivity contribution in [3.05, 3.63) is 0 Å². The third-order valence-corrected chi connectivity index (χ3v) is 1.96. The van der Waals surface area contributed by atoms with E-state index in [1.165, 1.54) is 0 Å². The van der Waals surface area contributed by atoms with Crippen molar-refractivity contribution >= 4 is 11.8 Å². The number of rotatable bonds is 2. The minimum Gasteiger partial charge on any atom is -0.330 e. The summed E-state index contributed by atoms with van der Waals surface area (Å²) in [5.41, 5.74) is 5.31. The summed E-state index contributed by atoms with van der Waals surface area (Å²) in [7, 11) is 0. The number of nitrogens with two attached hydrogens (primary N) is 1. The molecule has 0 heterocycles. The molecule has 0 fully saturated rings. The summed E-state index contributed by atoms with van der Waals surface area (Å²) in [6.07, 6.45) is 0. The highest BCUT2D eigenvalue weighted by molar-refractivity contribution is 8.00. The van der Waals surface area contributed by atoms with Crippen LogP contribution in [0.4, 0.5) is 0 Å². The normalized spacial score (nSPS) is 12.0. The van der Waals surface area contributed by atoms with Gasteiger partial charge in [0, 0.05) is 17.0 Å². The maximum absolute atomic E-state index is 5.31. The van der Waals surface area contributed by atoms with Gasteiger partial charge in [0.2, 0.25) is 0 Å². The van der Waals surface area contributed by atoms with Crippen LogP contribution >= 0.6 is 11.8 Å². The predicted octanol–water partition coefficient (Wildman–Crippen LogP) is 1.48. The standard InChI is InChI=1S/C6H15NS/c1-6(2,3)8-5-4-7/h4-5,7H2,1-3H3. The summed E-state index contributed by atoms with van der Waals surface area (Å²) in [5.74, 6) is 1.07. The van der Waals surface area contributed by atoms with Crippen molar-refractivity contribution in [3.8, 4) is 0 Å². The Balaban J connectivity index is 3.11. The van der Waals surface area contributed by atoms with Crippen molar-refractivity contribution in [3.63, 3.8) is 0 Å². The molecule has 0 saturated carbocycles. The molecule has 0 spiro atoms. The lowest BCUT2D eigenvalue weighted by molar-refractivity contribution is 0.802. The number of hydrogen-bond donors (Lipinski definition) is 1. The smallest absolute Gasteiger partial charge is 0.00755 e. The third kappa shape index (κ3) is 6.31. The maximum Gasteiger partial charge on any atom is 0.00755 e. The van der Waals surface area contributed by atoms with Gasteiger partial charge in [-0.2, -0.15) is 11.8 Å². The van der Waals surface area contributed by atoms with Gasteiger partial charge in [-0.3, -0.25) is 0 Å². The van der Waals surface area contributed by atoms with Crippen LogP contribution in [-0.4, -0.2) is 17.0 Å². The predicted molar refractivity (Wildman–Crippen MR) is 41.3 cm³/mol. The second kappa shape index (κ2) is 3.36. The van der Waals surface area contributed by atoms with Gasteiger partial charge in [0.1, 0.15) is 0 Å². The second-order valence-electron chi connectivity index (χ2n) is 2.75. The van der Waals surface area contributed by atoms with Crippen LogP contribution in [0, 0.1) is 0 Å². The van der Waals surface area contributed by atoms with Gasteiger partial charge in [-0.25, -0.2) is 0 Å². The largest absolute Gasteiger partial charge is 0.330 e. The molecule has 0 aromatic heterocycles. The maximum atomic E-state index is 5.31. The van der Waals surface area contributed by atoms with Gasteiger partial charge in [0.15, 0.2) is 0 Å². The van der Waals surface area contributed by atoms with Crippen LogP contribution in [0.3, 0.4) is 0 Å². The zero-order valence-electron chi connectivity index (χ0n) is 5.90. The van der Waals surface area contributed by atoms with Crippen LogP contribution in [0.5, 0.6) is 0 Å². The van der Waals surface area contributed by atoms with E-state index >= 15 is 0 Å². The summed E-state index contributed by atoms with van der Waals surface area (Å²) in [4.78, 5) is 0. The topological polar surface area (TPSA) is 26.0 Å². The molecule has 0 aromatic rings. The first-order valence-corrected chi connectivity index (χ1v) is 3.89. The van der Waals surface area contributed by atoms with Crippen molar-refractivity contribution in [2.45, 2.75) is 25.5 Å². The quantitative estimate of drug-likeness (QED) is 0.617. The summed E-state index contributed by atoms with van der Waals surface area (Å²) in [6, 6.07) is 0. The monoisotopic (exact) mass is 133 g/mol. The lowest BCUT2D eigenvalue weighted by Gasteiger charge is -2.16. The van der Waals surface area contributed by atoms with Crippen molar-refractivity contribution in [2.75, 3.05) is 12.3 Å². The van der Waals surface area contributed by atoms with E-state index in [1.54, 1.807) is 0 Å². The van der Waals surface area contributed by atoms with Gasteiger partial charge in [0.05, 0.1) is 0 Å². The molecule has 8 heavy (non-hydrogen) atoms. The van der Waals surface area contributed by atoms with Crippen LogP contribution in [0.2, 0.25) is 0 Å². The molecule has 0 saturated heterocycles. The molecular weight excluding hydrogens is 118 g/mol. The van der Waals surface area contributed by atoms with E-state index in [2.05, 4.69) is 20.8 Å². The molecule has 50 valence electrons. The first-order valence-electron chi connectivity index (χ1n) is 2.90. The van der Waals surface area contributed by atoms with Crippen LogP contribution in [-0.2, 0) is 0 Å². The first kappa shape index (κ1) is 8.31. The van der Waals surface area contributed by atoms with Crippen LogP contribution in [0.25, 0.3) is 0 Å². The molecule has 0 aliphatic carbocycles. The molecule has 0 radical (unpaired) electrons. The Hall–Kier alpha value is 0.310. The van der Waals surface area contributed by atoms with Crippen LogP contribution in [0.15, 0.2) is 0 Å². The molecule has 2 N–H and O–H groups in total. The van der Waals surface area contributed by atoms with E-state index in [9.17, 15) is 0 Å². The van der Waals surface area contributed by atoms with Gasteiger partial charge in [-0.15, -0.1) is 0 Å². The molecule has 2 heteroatoms. The lowest BCUT2D eigenvalue weighted by Crippen LogP contribution is -2.12. The van der Waals surface area contributed by atoms with E-state index in [4.69, 9.17) is 5.73 Å². The second-order valence-corrected chi connectivity index (χ2v) is 4.67. The van der Waals surface area contributed by atoms with Crippen molar-refractivity contribution < 1.29 is 0 Å². The zero-order valence-corrected chi connectivity index (χ0v) is 6.72. The molecule has 1 nitrogen and oxygen atoms in total. The van der Waals surface area contributed by atoms with Crippen molar-refractivity contribution in [1.82, 2.24) is 0 Å². The molecule has 0 aromatic carbocycles. The minimum atomic E-state index is 0.388. The Kier molecular flexibility index (Phi) is 3.49. The molecule has 0 amide bonds. The molecular formula is C6H15NS. The third-order valence-electron chi connectivity index (χ3n) is 0.653. The zero-order chi connectivity index (χ0) is 6.62. The lowest BCUT2D eigenvalue weighted by atomic mass is 10.3. The fourth-order valence-corrected chi connectivity index (χ4v) is 1.10. The van der Waals surface area contributed by atoms with Gasteiger partial charge in [-0.05, 0) is 0 Å². The summed E-state index contributed by atoms with van der Waals surface area (Å²) < 4.78 is 0.388. The Morgan fingerprint density at radius 2 is 1.88 bits per heavy atom. The highest BCUT2D eigenvalue weighted by Gasteiger charge is 2.07. The Morgan fingerprint density at radius 3 is 2.00 bits per heavy atom. The summed E-state index contributed by atoms with van der Waals surface area (Å²) in [5, 5.41) is 0. The molecule has 0 rings (SSSR count). The SMILES string of the molecule is CC(C)(C)SCCN. The average molecular weight is 133 g/mol. The highest BCUT2D eigenvalue weighted by Crippen LogP contribution is 2.21. The van der Waals surface area contributed by atoms with Gasteiger partial charge >= 0.3 is 0 Å². The average Bonchev–Trinajstić information content (AvgIpc) is 1.59.